The van der Waals surface area contributed by atoms with E-state index in [1.807, 2.05) is 0 Å². The molecule has 1 aliphatic carbocycles. The Morgan fingerprint density at radius 2 is 1.75 bits per heavy atom. The van der Waals surface area contributed by atoms with Crippen LogP contribution in [0.25, 0.3) is 0 Å². The molecule has 0 unspecified atom stereocenters. The van der Waals surface area contributed by atoms with Crippen LogP contribution in [0.1, 0.15) is 23.2 Å². The van der Waals surface area contributed by atoms with Crippen LogP contribution in [0.15, 0.2) is 24.3 Å². The Bertz CT molecular complexity index is 434. The smallest absolute Gasteiger partial charge is 0.335 e. The Labute approximate surface area is 91.7 Å². The number of amides is 1. The number of nitrogens with one attached hydrogen (secondary N) is 1. The van der Waals surface area contributed by atoms with Gasteiger partial charge in [-0.25, -0.2) is 4.79 Å². The van der Waals surface area contributed by atoms with Crippen molar-refractivity contribution in [3.05, 3.63) is 29.8 Å². The molecule has 0 saturated heterocycles. The molecule has 0 spiro atoms. The Kier molecular flexibility index (Phi) is 2.40. The first kappa shape index (κ1) is 10.6. The second kappa shape index (κ2) is 3.61. The zero-order valence-electron chi connectivity index (χ0n) is 8.43. The molecule has 5 nitrogen and oxygen atoms in total. The van der Waals surface area contributed by atoms with Crippen LogP contribution in [0.3, 0.4) is 0 Å². The average molecular weight is 221 g/mol. The van der Waals surface area contributed by atoms with Crippen LogP contribution in [0.2, 0.25) is 0 Å². The molecule has 16 heavy (non-hydrogen) atoms. The van der Waals surface area contributed by atoms with Crippen molar-refractivity contribution in [2.45, 2.75) is 18.4 Å². The van der Waals surface area contributed by atoms with Crippen molar-refractivity contribution in [2.75, 3.05) is 5.32 Å². The molecule has 0 heterocycles. The number of carboxylic acid groups (broad SMARTS) is 1. The standard InChI is InChI=1S/C11H11NO4/c13-9(14)7-1-3-8(4-2-7)12-10(15)11(16)5-6-11/h1-4,16H,5-6H2,(H,12,15)(H,13,14). The summed E-state index contributed by atoms with van der Waals surface area (Å²) in [5.41, 5.74) is -0.579. The van der Waals surface area contributed by atoms with E-state index >= 15 is 0 Å². The number of hydrogen-bond donors (Lipinski definition) is 3. The minimum atomic E-state index is -1.22. The van der Waals surface area contributed by atoms with Gasteiger partial charge in [0.1, 0.15) is 5.60 Å². The maximum absolute atomic E-state index is 11.4. The number of carbonyl (C=O) groups is 2. The molecular formula is C11H11NO4. The van der Waals surface area contributed by atoms with Gasteiger partial charge >= 0.3 is 5.97 Å². The summed E-state index contributed by atoms with van der Waals surface area (Å²) in [6.45, 7) is 0. The van der Waals surface area contributed by atoms with E-state index < -0.39 is 17.5 Å². The molecule has 1 fully saturated rings. The molecule has 1 amide bonds. The van der Waals surface area contributed by atoms with Crippen LogP contribution in [0.4, 0.5) is 5.69 Å². The lowest BCUT2D eigenvalue weighted by molar-refractivity contribution is -0.125. The van der Waals surface area contributed by atoms with Crippen molar-refractivity contribution in [1.82, 2.24) is 0 Å². The van der Waals surface area contributed by atoms with Crippen LogP contribution in [0, 0.1) is 0 Å². The molecule has 3 N–H and O–H groups in total. The van der Waals surface area contributed by atoms with E-state index in [2.05, 4.69) is 5.32 Å². The second-order valence-electron chi connectivity index (χ2n) is 3.87. The van der Waals surface area contributed by atoms with Gasteiger partial charge in [0, 0.05) is 5.69 Å². The van der Waals surface area contributed by atoms with E-state index in [1.165, 1.54) is 24.3 Å². The van der Waals surface area contributed by atoms with Crippen molar-refractivity contribution >= 4 is 17.6 Å². The zero-order valence-corrected chi connectivity index (χ0v) is 8.43. The number of carboxylic acids is 1. The highest BCUT2D eigenvalue weighted by Gasteiger charge is 2.48. The second-order valence-corrected chi connectivity index (χ2v) is 3.87. The maximum Gasteiger partial charge on any atom is 0.335 e. The van der Waals surface area contributed by atoms with Crippen LogP contribution < -0.4 is 5.32 Å². The van der Waals surface area contributed by atoms with Crippen molar-refractivity contribution < 1.29 is 19.8 Å². The molecule has 0 atom stereocenters. The van der Waals surface area contributed by atoms with Crippen molar-refractivity contribution in [2.24, 2.45) is 0 Å². The van der Waals surface area contributed by atoms with E-state index in [-0.39, 0.29) is 5.56 Å². The predicted octanol–water partition coefficient (Wildman–Crippen LogP) is 0.848. The van der Waals surface area contributed by atoms with Gasteiger partial charge in [-0.3, -0.25) is 4.79 Å². The van der Waals surface area contributed by atoms with E-state index in [9.17, 15) is 14.7 Å². The molecule has 1 aliphatic rings. The highest BCUT2D eigenvalue weighted by molar-refractivity contribution is 5.99. The summed E-state index contributed by atoms with van der Waals surface area (Å²) in [5, 5.41) is 20.7. The quantitative estimate of drug-likeness (QED) is 0.706. The number of hydrogen-bond acceptors (Lipinski definition) is 3. The van der Waals surface area contributed by atoms with E-state index in [0.29, 0.717) is 18.5 Å². The van der Waals surface area contributed by atoms with Gasteiger partial charge in [-0.1, -0.05) is 0 Å². The number of aliphatic hydroxyl groups is 1. The van der Waals surface area contributed by atoms with Gasteiger partial charge in [0.05, 0.1) is 5.56 Å². The molecule has 84 valence electrons. The van der Waals surface area contributed by atoms with Crippen LogP contribution in [-0.4, -0.2) is 27.7 Å². The Hall–Kier alpha value is -1.88. The van der Waals surface area contributed by atoms with Gasteiger partial charge in [-0.05, 0) is 37.1 Å². The lowest BCUT2D eigenvalue weighted by atomic mass is 10.2. The van der Waals surface area contributed by atoms with Gasteiger partial charge in [0.15, 0.2) is 0 Å². The van der Waals surface area contributed by atoms with Crippen molar-refractivity contribution in [1.29, 1.82) is 0 Å². The van der Waals surface area contributed by atoms with Gasteiger partial charge in [0.2, 0.25) is 0 Å². The van der Waals surface area contributed by atoms with Gasteiger partial charge in [0.25, 0.3) is 5.91 Å². The normalized spacial score (nSPS) is 16.6. The SMILES string of the molecule is O=C(O)c1ccc(NC(=O)C2(O)CC2)cc1. The van der Waals surface area contributed by atoms with E-state index in [4.69, 9.17) is 5.11 Å². The Morgan fingerprint density at radius 3 is 2.19 bits per heavy atom. The topological polar surface area (TPSA) is 86.6 Å². The van der Waals surface area contributed by atoms with Gasteiger partial charge in [-0.2, -0.15) is 0 Å². The predicted molar refractivity (Wildman–Crippen MR) is 56.2 cm³/mol. The summed E-state index contributed by atoms with van der Waals surface area (Å²) in [6, 6.07) is 5.78. The number of aromatic carboxylic acids is 1. The summed E-state index contributed by atoms with van der Waals surface area (Å²) in [7, 11) is 0. The molecule has 0 radical (unpaired) electrons. The van der Waals surface area contributed by atoms with Crippen LogP contribution >= 0.6 is 0 Å². The van der Waals surface area contributed by atoms with E-state index in [1.54, 1.807) is 0 Å². The first-order valence-electron chi connectivity index (χ1n) is 4.88. The molecule has 0 aliphatic heterocycles. The summed E-state index contributed by atoms with van der Waals surface area (Å²) < 4.78 is 0. The van der Waals surface area contributed by atoms with E-state index in [0.717, 1.165) is 0 Å². The lowest BCUT2D eigenvalue weighted by Crippen LogP contribution is -2.29. The Balaban J connectivity index is 2.05. The number of rotatable bonds is 3. The third-order valence-corrected chi connectivity index (χ3v) is 2.54. The van der Waals surface area contributed by atoms with Gasteiger partial charge < -0.3 is 15.5 Å². The molecule has 2 rings (SSSR count). The fraction of sp³-hybridized carbons (Fsp3) is 0.273. The molecule has 1 aromatic rings. The first-order valence-corrected chi connectivity index (χ1v) is 4.88. The molecular weight excluding hydrogens is 210 g/mol. The lowest BCUT2D eigenvalue weighted by Gasteiger charge is -2.09. The highest BCUT2D eigenvalue weighted by Crippen LogP contribution is 2.36. The average Bonchev–Trinajstić information content (AvgIpc) is 2.99. The van der Waals surface area contributed by atoms with Gasteiger partial charge in [-0.15, -0.1) is 0 Å². The highest BCUT2D eigenvalue weighted by atomic mass is 16.4. The largest absolute Gasteiger partial charge is 0.478 e. The fourth-order valence-electron chi connectivity index (χ4n) is 1.29. The van der Waals surface area contributed by atoms with Crippen LogP contribution in [0.5, 0.6) is 0 Å². The third kappa shape index (κ3) is 2.04. The zero-order chi connectivity index (χ0) is 11.8. The maximum atomic E-state index is 11.4. The molecule has 0 aromatic heterocycles. The number of carbonyl (C=O) groups excluding carboxylic acids is 1. The molecule has 0 bridgehead atoms. The molecule has 5 heteroatoms. The monoisotopic (exact) mass is 221 g/mol. The summed E-state index contributed by atoms with van der Waals surface area (Å²) in [4.78, 5) is 22.0. The fourth-order valence-corrected chi connectivity index (χ4v) is 1.29. The summed E-state index contributed by atoms with van der Waals surface area (Å²) in [5.74, 6) is -1.45. The minimum absolute atomic E-state index is 0.156. The van der Waals surface area contributed by atoms with Crippen LogP contribution in [-0.2, 0) is 4.79 Å². The van der Waals surface area contributed by atoms with Crippen molar-refractivity contribution in [3.63, 3.8) is 0 Å². The number of anilines is 1. The molecule has 1 saturated carbocycles. The molecule has 1 aromatic carbocycles. The van der Waals surface area contributed by atoms with Crippen molar-refractivity contribution in [3.8, 4) is 0 Å². The third-order valence-electron chi connectivity index (χ3n) is 2.54. The summed E-state index contributed by atoms with van der Waals surface area (Å²) in [6.07, 6.45) is 0.956. The summed E-state index contributed by atoms with van der Waals surface area (Å²) >= 11 is 0. The minimum Gasteiger partial charge on any atom is -0.478 e. The number of benzene rings is 1. The Morgan fingerprint density at radius 1 is 1.19 bits per heavy atom. The first-order chi connectivity index (χ1) is 7.51.